The molecule has 1 aromatic rings. The van der Waals surface area contributed by atoms with Gasteiger partial charge in [0.2, 0.25) is 0 Å². The summed E-state index contributed by atoms with van der Waals surface area (Å²) in [5.74, 6) is -3.79. The second-order valence-corrected chi connectivity index (χ2v) is 8.46. The molecule has 5 N–H and O–H groups in total. The van der Waals surface area contributed by atoms with Crippen LogP contribution in [0.1, 0.15) is 31.2 Å². The number of aliphatic carboxylic acids is 2. The molecule has 36 heavy (non-hydrogen) atoms. The Morgan fingerprint density at radius 2 is 1.75 bits per heavy atom. The Labute approximate surface area is 207 Å². The number of phenolic OH excluding ortho intramolecular Hbond substituents is 1. The van der Waals surface area contributed by atoms with Gasteiger partial charge < -0.3 is 39.9 Å². The van der Waals surface area contributed by atoms with Gasteiger partial charge in [-0.25, -0.2) is 9.59 Å². The van der Waals surface area contributed by atoms with Gasteiger partial charge in [-0.05, 0) is 62.7 Å². The van der Waals surface area contributed by atoms with E-state index in [1.54, 1.807) is 18.2 Å². The first kappa shape index (κ1) is 28.8. The molecule has 3 rings (SSSR count). The standard InChI is InChI=1S/C20H25NO5.C4H6O6/c1-25-17-14-15(4-6-16(17)22)5-7-18(23)20(9-13-26-19(20)24)8-12-21-10-2-3-11-21;5-1(3(7)8)2(6)4(9)10/h4-7,14,22H,2-3,8-13H2,1H3;1-2,5-6H,(H,7,8)(H,9,10)/b7-5+;. The molecule has 198 valence electrons. The van der Waals surface area contributed by atoms with Gasteiger partial charge in [0.25, 0.3) is 0 Å². The molecular formula is C24H31NO11. The third kappa shape index (κ3) is 7.26. The number of aromatic hydroxyl groups is 1. The zero-order valence-electron chi connectivity index (χ0n) is 19.8. The maximum Gasteiger partial charge on any atom is 0.335 e. The minimum atomic E-state index is -2.27. The Balaban J connectivity index is 0.000000388. The highest BCUT2D eigenvalue weighted by atomic mass is 16.5. The Morgan fingerprint density at radius 3 is 2.25 bits per heavy atom. The highest BCUT2D eigenvalue weighted by molar-refractivity contribution is 6.11. The lowest BCUT2D eigenvalue weighted by Crippen LogP contribution is -2.39. The lowest BCUT2D eigenvalue weighted by molar-refractivity contribution is -0.165. The van der Waals surface area contributed by atoms with Gasteiger partial charge in [-0.2, -0.15) is 0 Å². The van der Waals surface area contributed by atoms with E-state index < -0.39 is 35.5 Å². The third-order valence-electron chi connectivity index (χ3n) is 6.11. The predicted octanol–water partition coefficient (Wildman–Crippen LogP) is 0.280. The number of nitrogens with zero attached hydrogens (tertiary/aromatic N) is 1. The Hall–Kier alpha value is -3.48. The van der Waals surface area contributed by atoms with Gasteiger partial charge in [0, 0.05) is 6.42 Å². The van der Waals surface area contributed by atoms with E-state index in [1.165, 1.54) is 32.1 Å². The van der Waals surface area contributed by atoms with Crippen LogP contribution in [0.4, 0.5) is 0 Å². The Bertz CT molecular complexity index is 968. The highest BCUT2D eigenvalue weighted by Crippen LogP contribution is 2.36. The summed E-state index contributed by atoms with van der Waals surface area (Å²) in [5.41, 5.74) is -0.353. The number of allylic oxidation sites excluding steroid dienone is 1. The summed E-state index contributed by atoms with van der Waals surface area (Å²) in [6, 6.07) is 4.84. The average molecular weight is 510 g/mol. The van der Waals surface area contributed by atoms with Crippen molar-refractivity contribution in [2.75, 3.05) is 33.4 Å². The van der Waals surface area contributed by atoms with Gasteiger partial charge in [-0.15, -0.1) is 0 Å². The fourth-order valence-electron chi connectivity index (χ4n) is 3.89. The van der Waals surface area contributed by atoms with E-state index in [4.69, 9.17) is 29.9 Å². The van der Waals surface area contributed by atoms with Crippen molar-refractivity contribution >= 4 is 29.8 Å². The van der Waals surface area contributed by atoms with Crippen molar-refractivity contribution in [3.8, 4) is 11.5 Å². The van der Waals surface area contributed by atoms with Gasteiger partial charge in [0.15, 0.2) is 29.5 Å². The molecule has 12 heteroatoms. The highest BCUT2D eigenvalue weighted by Gasteiger charge is 2.49. The number of phenols is 1. The predicted molar refractivity (Wildman–Crippen MR) is 124 cm³/mol. The fourth-order valence-corrected chi connectivity index (χ4v) is 3.89. The molecule has 1 aromatic carbocycles. The molecule has 0 bridgehead atoms. The fraction of sp³-hybridized carbons (Fsp3) is 0.500. The van der Waals surface area contributed by atoms with Crippen molar-refractivity contribution in [1.82, 2.24) is 4.90 Å². The van der Waals surface area contributed by atoms with E-state index >= 15 is 0 Å². The molecule has 0 aliphatic carbocycles. The van der Waals surface area contributed by atoms with Crippen molar-refractivity contribution < 1.29 is 54.2 Å². The molecule has 0 radical (unpaired) electrons. The van der Waals surface area contributed by atoms with E-state index in [2.05, 4.69) is 4.90 Å². The van der Waals surface area contributed by atoms with Crippen LogP contribution in [0.2, 0.25) is 0 Å². The number of carbonyl (C=O) groups is 4. The van der Waals surface area contributed by atoms with E-state index in [-0.39, 0.29) is 11.5 Å². The Morgan fingerprint density at radius 1 is 1.14 bits per heavy atom. The van der Waals surface area contributed by atoms with Crippen molar-refractivity contribution in [2.24, 2.45) is 5.41 Å². The van der Waals surface area contributed by atoms with Crippen LogP contribution in [0.25, 0.3) is 6.08 Å². The summed E-state index contributed by atoms with van der Waals surface area (Å²) < 4.78 is 10.2. The number of aliphatic hydroxyl groups is 2. The smallest absolute Gasteiger partial charge is 0.335 e. The zero-order chi connectivity index (χ0) is 26.9. The van der Waals surface area contributed by atoms with Crippen molar-refractivity contribution in [2.45, 2.75) is 37.9 Å². The number of benzene rings is 1. The normalized spacial score (nSPS) is 21.4. The molecule has 2 aliphatic rings. The summed E-state index contributed by atoms with van der Waals surface area (Å²) in [6.07, 6.45) is 1.84. The van der Waals surface area contributed by atoms with Crippen LogP contribution in [0.15, 0.2) is 24.3 Å². The molecule has 2 saturated heterocycles. The SMILES string of the molecule is COc1cc(/C=C/C(=O)C2(CCN3CCCC3)CCOC2=O)ccc1O.O=C(O)C(O)C(O)C(=O)O. The molecule has 3 unspecified atom stereocenters. The summed E-state index contributed by atoms with van der Waals surface area (Å²) in [5, 5.41) is 42.2. The number of hydrogen-bond acceptors (Lipinski definition) is 10. The largest absolute Gasteiger partial charge is 0.504 e. The van der Waals surface area contributed by atoms with Gasteiger partial charge in [0.05, 0.1) is 13.7 Å². The van der Waals surface area contributed by atoms with Crippen LogP contribution < -0.4 is 4.74 Å². The van der Waals surface area contributed by atoms with Crippen molar-refractivity contribution in [1.29, 1.82) is 0 Å². The molecule has 2 heterocycles. The second kappa shape index (κ2) is 13.0. The summed E-state index contributed by atoms with van der Waals surface area (Å²) in [7, 11) is 1.47. The van der Waals surface area contributed by atoms with Crippen LogP contribution in [0.5, 0.6) is 11.5 Å². The number of carboxylic acids is 2. The lowest BCUT2D eigenvalue weighted by Gasteiger charge is -2.24. The number of hydrogen-bond donors (Lipinski definition) is 5. The first-order valence-electron chi connectivity index (χ1n) is 11.3. The van der Waals surface area contributed by atoms with Gasteiger partial charge in [0.1, 0.15) is 5.41 Å². The number of rotatable bonds is 10. The van der Waals surface area contributed by atoms with Crippen LogP contribution in [-0.2, 0) is 23.9 Å². The molecule has 0 amide bonds. The maximum atomic E-state index is 12.9. The quantitative estimate of drug-likeness (QED) is 0.165. The summed E-state index contributed by atoms with van der Waals surface area (Å²) in [4.78, 5) is 47.1. The zero-order valence-corrected chi connectivity index (χ0v) is 19.8. The van der Waals surface area contributed by atoms with E-state index in [1.807, 2.05) is 0 Å². The molecule has 12 nitrogen and oxygen atoms in total. The molecule has 3 atom stereocenters. The van der Waals surface area contributed by atoms with Crippen molar-refractivity contribution in [3.63, 3.8) is 0 Å². The summed E-state index contributed by atoms with van der Waals surface area (Å²) >= 11 is 0. The first-order chi connectivity index (χ1) is 17.0. The van der Waals surface area contributed by atoms with Gasteiger partial charge in [-0.1, -0.05) is 12.1 Å². The summed E-state index contributed by atoms with van der Waals surface area (Å²) in [6.45, 7) is 3.10. The van der Waals surface area contributed by atoms with Gasteiger partial charge >= 0.3 is 17.9 Å². The van der Waals surface area contributed by atoms with Gasteiger partial charge in [-0.3, -0.25) is 9.59 Å². The van der Waals surface area contributed by atoms with Crippen LogP contribution in [0.3, 0.4) is 0 Å². The number of carboxylic acid groups (broad SMARTS) is 2. The van der Waals surface area contributed by atoms with E-state index in [9.17, 15) is 24.3 Å². The topological polar surface area (TPSA) is 191 Å². The number of esters is 1. The molecular weight excluding hydrogens is 478 g/mol. The molecule has 0 spiro atoms. The van der Waals surface area contributed by atoms with Crippen LogP contribution >= 0.6 is 0 Å². The third-order valence-corrected chi connectivity index (χ3v) is 6.11. The maximum absolute atomic E-state index is 12.9. The first-order valence-corrected chi connectivity index (χ1v) is 11.3. The minimum Gasteiger partial charge on any atom is -0.504 e. The number of likely N-dealkylation sites (tertiary alicyclic amines) is 1. The van der Waals surface area contributed by atoms with Crippen LogP contribution in [-0.4, -0.2) is 99.7 Å². The Kier molecular flexibility index (Phi) is 10.4. The van der Waals surface area contributed by atoms with Crippen LogP contribution in [0, 0.1) is 5.41 Å². The second-order valence-electron chi connectivity index (χ2n) is 8.46. The molecule has 2 fully saturated rings. The lowest BCUT2D eigenvalue weighted by atomic mass is 9.78. The van der Waals surface area contributed by atoms with E-state index in [0.717, 1.165) is 19.6 Å². The number of ketones is 1. The monoisotopic (exact) mass is 509 g/mol. The molecule has 0 saturated carbocycles. The number of aliphatic hydroxyl groups excluding tert-OH is 2. The number of methoxy groups -OCH3 is 1. The number of ether oxygens (including phenoxy) is 2. The number of carbonyl (C=O) groups excluding carboxylic acids is 2. The average Bonchev–Trinajstić information content (AvgIpc) is 3.51. The number of cyclic esters (lactones) is 1. The molecule has 2 aliphatic heterocycles. The minimum absolute atomic E-state index is 0.0393. The molecule has 0 aromatic heterocycles. The van der Waals surface area contributed by atoms with E-state index in [0.29, 0.717) is 30.8 Å². The van der Waals surface area contributed by atoms with Crippen molar-refractivity contribution in [3.05, 3.63) is 29.8 Å².